The predicted molar refractivity (Wildman–Crippen MR) is 121 cm³/mol. The van der Waals surface area contributed by atoms with Gasteiger partial charge < -0.3 is 4.98 Å². The monoisotopic (exact) mass is 424 g/mol. The zero-order chi connectivity index (χ0) is 21.9. The molecule has 0 amide bonds. The van der Waals surface area contributed by atoms with Gasteiger partial charge in [0.1, 0.15) is 5.82 Å². The quantitative estimate of drug-likeness (QED) is 0.650. The molecule has 0 atom stereocenters. The SMILES string of the molecule is CC(C)(C)c1nc(/C=C/c2ccc(NS(C)(=O)=O)cc2)cc(-c2ccc[nH]c2=O)n1. The van der Waals surface area contributed by atoms with E-state index in [0.29, 0.717) is 28.5 Å². The highest BCUT2D eigenvalue weighted by Crippen LogP contribution is 2.23. The molecule has 0 radical (unpaired) electrons. The van der Waals surface area contributed by atoms with Gasteiger partial charge in [-0.15, -0.1) is 0 Å². The third-order valence-electron chi connectivity index (χ3n) is 4.17. The van der Waals surface area contributed by atoms with Crippen LogP contribution in [-0.4, -0.2) is 29.6 Å². The lowest BCUT2D eigenvalue weighted by Crippen LogP contribution is -2.18. The second-order valence-corrected chi connectivity index (χ2v) is 9.74. The highest BCUT2D eigenvalue weighted by Gasteiger charge is 2.19. The molecule has 0 aliphatic heterocycles. The first kappa shape index (κ1) is 21.4. The number of anilines is 1. The van der Waals surface area contributed by atoms with Gasteiger partial charge in [0, 0.05) is 17.3 Å². The van der Waals surface area contributed by atoms with Crippen molar-refractivity contribution < 1.29 is 8.42 Å². The van der Waals surface area contributed by atoms with E-state index < -0.39 is 10.0 Å². The molecule has 2 heterocycles. The lowest BCUT2D eigenvalue weighted by atomic mass is 9.95. The first-order valence-corrected chi connectivity index (χ1v) is 11.2. The third kappa shape index (κ3) is 5.64. The average molecular weight is 425 g/mol. The van der Waals surface area contributed by atoms with Crippen LogP contribution in [0.5, 0.6) is 0 Å². The van der Waals surface area contributed by atoms with Gasteiger partial charge in [0.25, 0.3) is 5.56 Å². The lowest BCUT2D eigenvalue weighted by Gasteiger charge is -2.18. The first-order valence-electron chi connectivity index (χ1n) is 9.35. The van der Waals surface area contributed by atoms with E-state index in [0.717, 1.165) is 11.8 Å². The predicted octanol–water partition coefficient (Wildman–Crippen LogP) is 3.67. The van der Waals surface area contributed by atoms with Crippen molar-refractivity contribution in [1.29, 1.82) is 0 Å². The van der Waals surface area contributed by atoms with Gasteiger partial charge in [0.2, 0.25) is 10.0 Å². The van der Waals surface area contributed by atoms with Crippen LogP contribution in [0.25, 0.3) is 23.4 Å². The topological polar surface area (TPSA) is 105 Å². The van der Waals surface area contributed by atoms with Crippen LogP contribution < -0.4 is 10.3 Å². The van der Waals surface area contributed by atoms with E-state index in [2.05, 4.69) is 19.7 Å². The number of aromatic nitrogens is 3. The minimum absolute atomic E-state index is 0.208. The van der Waals surface area contributed by atoms with Gasteiger partial charge in [0.05, 0.1) is 23.2 Å². The Hall–Kier alpha value is -3.26. The van der Waals surface area contributed by atoms with Crippen LogP contribution in [0.4, 0.5) is 5.69 Å². The van der Waals surface area contributed by atoms with E-state index in [-0.39, 0.29) is 11.0 Å². The fourth-order valence-corrected chi connectivity index (χ4v) is 3.27. The van der Waals surface area contributed by atoms with Crippen molar-refractivity contribution >= 4 is 27.9 Å². The molecule has 156 valence electrons. The number of aromatic amines is 1. The first-order chi connectivity index (χ1) is 14.0. The Kier molecular flexibility index (Phi) is 5.89. The standard InChI is InChI=1S/C22H24N4O3S/c1-22(2,3)21-24-17(14-19(25-21)18-6-5-13-23-20(18)27)12-9-15-7-10-16(11-8-15)26-30(4,28)29/h5-14,26H,1-4H3,(H,23,27)/b12-9+. The van der Waals surface area contributed by atoms with Crippen molar-refractivity contribution in [1.82, 2.24) is 15.0 Å². The van der Waals surface area contributed by atoms with E-state index in [4.69, 9.17) is 0 Å². The van der Waals surface area contributed by atoms with E-state index in [9.17, 15) is 13.2 Å². The smallest absolute Gasteiger partial charge is 0.257 e. The van der Waals surface area contributed by atoms with Crippen molar-refractivity contribution in [2.45, 2.75) is 26.2 Å². The van der Waals surface area contributed by atoms with E-state index >= 15 is 0 Å². The number of hydrogen-bond donors (Lipinski definition) is 2. The highest BCUT2D eigenvalue weighted by atomic mass is 32.2. The van der Waals surface area contributed by atoms with Crippen LogP contribution in [-0.2, 0) is 15.4 Å². The molecule has 0 fully saturated rings. The summed E-state index contributed by atoms with van der Waals surface area (Å²) in [6, 6.07) is 12.3. The molecular weight excluding hydrogens is 400 g/mol. The second kappa shape index (κ2) is 8.23. The summed E-state index contributed by atoms with van der Waals surface area (Å²) in [7, 11) is -3.31. The van der Waals surface area contributed by atoms with Crippen LogP contribution in [0.1, 0.15) is 37.9 Å². The van der Waals surface area contributed by atoms with Gasteiger partial charge >= 0.3 is 0 Å². The van der Waals surface area contributed by atoms with Gasteiger partial charge in [0.15, 0.2) is 0 Å². The van der Waals surface area contributed by atoms with Crippen molar-refractivity contribution in [2.75, 3.05) is 11.0 Å². The summed E-state index contributed by atoms with van der Waals surface area (Å²) in [6.07, 6.45) is 6.41. The number of nitrogens with zero attached hydrogens (tertiary/aromatic N) is 2. The molecule has 0 unspecified atom stereocenters. The number of hydrogen-bond acceptors (Lipinski definition) is 5. The van der Waals surface area contributed by atoms with Crippen LogP contribution in [0.3, 0.4) is 0 Å². The normalized spacial score (nSPS) is 12.3. The summed E-state index contributed by atoms with van der Waals surface area (Å²) in [4.78, 5) is 24.1. The Morgan fingerprint density at radius 1 is 1.03 bits per heavy atom. The van der Waals surface area contributed by atoms with E-state index in [1.54, 1.807) is 48.7 Å². The summed E-state index contributed by atoms with van der Waals surface area (Å²) in [5.74, 6) is 0.635. The molecule has 0 aliphatic carbocycles. The molecule has 0 spiro atoms. The van der Waals surface area contributed by atoms with Gasteiger partial charge in [-0.2, -0.15) is 0 Å². The summed E-state index contributed by atoms with van der Waals surface area (Å²) in [6.45, 7) is 6.05. The third-order valence-corrected chi connectivity index (χ3v) is 4.78. The maximum atomic E-state index is 12.2. The van der Waals surface area contributed by atoms with Crippen molar-refractivity contribution in [3.05, 3.63) is 76.1 Å². The summed E-state index contributed by atoms with van der Waals surface area (Å²) >= 11 is 0. The number of nitrogens with one attached hydrogen (secondary N) is 2. The zero-order valence-electron chi connectivity index (χ0n) is 17.3. The van der Waals surface area contributed by atoms with Crippen LogP contribution >= 0.6 is 0 Å². The van der Waals surface area contributed by atoms with Gasteiger partial charge in [-0.05, 0) is 42.0 Å². The zero-order valence-corrected chi connectivity index (χ0v) is 18.1. The second-order valence-electron chi connectivity index (χ2n) is 7.99. The van der Waals surface area contributed by atoms with Crippen molar-refractivity contribution in [3.8, 4) is 11.3 Å². The number of H-pyrrole nitrogens is 1. The molecule has 2 aromatic heterocycles. The van der Waals surface area contributed by atoms with E-state index in [1.165, 1.54) is 0 Å². The maximum Gasteiger partial charge on any atom is 0.257 e. The van der Waals surface area contributed by atoms with Gasteiger partial charge in [-0.3, -0.25) is 9.52 Å². The molecular formula is C22H24N4O3S. The summed E-state index contributed by atoms with van der Waals surface area (Å²) in [5, 5.41) is 0. The number of benzene rings is 1. The molecule has 7 nitrogen and oxygen atoms in total. The Labute approximate surface area is 176 Å². The molecule has 30 heavy (non-hydrogen) atoms. The largest absolute Gasteiger partial charge is 0.329 e. The molecule has 0 saturated carbocycles. The molecule has 1 aromatic carbocycles. The summed E-state index contributed by atoms with van der Waals surface area (Å²) in [5.41, 5.74) is 2.59. The summed E-state index contributed by atoms with van der Waals surface area (Å²) < 4.78 is 25.1. The van der Waals surface area contributed by atoms with Crippen LogP contribution in [0.15, 0.2) is 53.5 Å². The minimum atomic E-state index is -3.31. The highest BCUT2D eigenvalue weighted by molar-refractivity contribution is 7.92. The molecule has 3 rings (SSSR count). The van der Waals surface area contributed by atoms with Crippen molar-refractivity contribution in [2.24, 2.45) is 0 Å². The van der Waals surface area contributed by atoms with Crippen LogP contribution in [0, 0.1) is 0 Å². The molecule has 3 aromatic rings. The molecule has 0 saturated heterocycles. The minimum Gasteiger partial charge on any atom is -0.329 e. The molecule has 8 heteroatoms. The number of sulfonamides is 1. The van der Waals surface area contributed by atoms with Gasteiger partial charge in [-0.1, -0.05) is 39.0 Å². The molecule has 2 N–H and O–H groups in total. The molecule has 0 aliphatic rings. The Morgan fingerprint density at radius 3 is 2.33 bits per heavy atom. The average Bonchev–Trinajstić information content (AvgIpc) is 2.66. The fourth-order valence-electron chi connectivity index (χ4n) is 2.71. The Morgan fingerprint density at radius 2 is 1.73 bits per heavy atom. The Bertz CT molecular complexity index is 1240. The van der Waals surface area contributed by atoms with Crippen molar-refractivity contribution in [3.63, 3.8) is 0 Å². The molecule has 0 bridgehead atoms. The maximum absolute atomic E-state index is 12.2. The Balaban J connectivity index is 1.96. The van der Waals surface area contributed by atoms with Gasteiger partial charge in [-0.25, -0.2) is 18.4 Å². The number of rotatable bonds is 5. The fraction of sp³-hybridized carbons (Fsp3) is 0.227. The number of pyridine rings is 1. The lowest BCUT2D eigenvalue weighted by molar-refractivity contribution is 0.545. The van der Waals surface area contributed by atoms with E-state index in [1.807, 2.05) is 32.9 Å². The van der Waals surface area contributed by atoms with Crippen LogP contribution in [0.2, 0.25) is 0 Å².